The number of halogens is 7. The van der Waals surface area contributed by atoms with Gasteiger partial charge in [0.25, 0.3) is 0 Å². The Hall–Kier alpha value is -2.91. The van der Waals surface area contributed by atoms with Crippen LogP contribution in [0.5, 0.6) is 0 Å². The van der Waals surface area contributed by atoms with Crippen LogP contribution in [0, 0.1) is 16.7 Å². The molecule has 0 aliphatic rings. The summed E-state index contributed by atoms with van der Waals surface area (Å²) in [6, 6.07) is 6.93. The molecule has 5 nitrogen and oxygen atoms in total. The van der Waals surface area contributed by atoms with E-state index < -0.39 is 55.1 Å². The average molecular weight is 540 g/mol. The van der Waals surface area contributed by atoms with Crippen molar-refractivity contribution in [2.45, 2.75) is 38.0 Å². The van der Waals surface area contributed by atoms with E-state index in [0.717, 1.165) is 12.1 Å². The number of alkyl halides is 6. The molecule has 2 rings (SSSR count). The van der Waals surface area contributed by atoms with Crippen molar-refractivity contribution in [2.24, 2.45) is 5.41 Å². The topological polar surface area (TPSA) is 82.0 Å². The molecule has 2 N–H and O–H groups in total. The number of hydrogen-bond acceptors (Lipinski definition) is 5. The Balaban J connectivity index is 2.73. The van der Waals surface area contributed by atoms with Crippen molar-refractivity contribution < 1.29 is 34.8 Å². The third-order valence-electron chi connectivity index (χ3n) is 4.37. The van der Waals surface area contributed by atoms with E-state index in [2.05, 4.69) is 10.6 Å². The molecule has 0 saturated carbocycles. The minimum absolute atomic E-state index is 0.0156. The molecule has 2 aromatic carbocycles. The summed E-state index contributed by atoms with van der Waals surface area (Å²) in [6.07, 6.45) is -10.2. The van der Waals surface area contributed by atoms with Crippen LogP contribution < -0.4 is 10.6 Å². The van der Waals surface area contributed by atoms with Crippen LogP contribution in [0.1, 0.15) is 31.9 Å². The van der Waals surface area contributed by atoms with E-state index in [1.165, 1.54) is 18.2 Å². The second kappa shape index (κ2) is 9.99. The smallest absolute Gasteiger partial charge is 0.369 e. The fourth-order valence-electron chi connectivity index (χ4n) is 2.69. The van der Waals surface area contributed by atoms with Crippen molar-refractivity contribution in [2.75, 3.05) is 11.9 Å². The molecule has 0 heterocycles. The molecule has 0 radical (unpaired) electrons. The second-order valence-electron chi connectivity index (χ2n) is 8.61. The van der Waals surface area contributed by atoms with Gasteiger partial charge in [-0.3, -0.25) is 0 Å². The van der Waals surface area contributed by atoms with Crippen LogP contribution in [0.15, 0.2) is 58.1 Å². The van der Waals surface area contributed by atoms with Crippen LogP contribution in [-0.4, -0.2) is 15.0 Å². The van der Waals surface area contributed by atoms with Gasteiger partial charge in [-0.2, -0.15) is 31.6 Å². The highest BCUT2D eigenvalue weighted by molar-refractivity contribution is 7.95. The van der Waals surface area contributed by atoms with Gasteiger partial charge in [-0.1, -0.05) is 32.4 Å². The quantitative estimate of drug-likeness (QED) is 0.319. The van der Waals surface area contributed by atoms with E-state index >= 15 is 0 Å². The Bertz CT molecular complexity index is 1220. The van der Waals surface area contributed by atoms with Gasteiger partial charge in [0.1, 0.15) is 11.9 Å². The van der Waals surface area contributed by atoms with E-state index in [-0.39, 0.29) is 22.5 Å². The highest BCUT2D eigenvalue weighted by Crippen LogP contribution is 2.38. The highest BCUT2D eigenvalue weighted by atomic mass is 35.5. The summed E-state index contributed by atoms with van der Waals surface area (Å²) in [5.74, 6) is -0.579. The fourth-order valence-corrected chi connectivity index (χ4v) is 4.06. The number of sulfone groups is 1. The van der Waals surface area contributed by atoms with Gasteiger partial charge in [0.05, 0.1) is 16.0 Å². The first-order valence-electron chi connectivity index (χ1n) is 9.80. The fraction of sp³-hybridized carbons (Fsp3) is 0.318. The molecule has 0 atom stereocenters. The number of allylic oxidation sites excluding steroid dienone is 1. The third-order valence-corrected chi connectivity index (χ3v) is 6.35. The first-order valence-corrected chi connectivity index (χ1v) is 11.7. The SMILES string of the molecule is CC(C)(C)CNC(Nc1cc(C(F)(F)F)cc(C(F)(F)F)c1)=C(C#N)S(=O)(=O)c1ccc(Cl)cc1. The summed E-state index contributed by atoms with van der Waals surface area (Å²) in [5.41, 5.74) is -4.45. The lowest BCUT2D eigenvalue weighted by Crippen LogP contribution is -2.31. The predicted octanol–water partition coefficient (Wildman–Crippen LogP) is 6.59. The molecular weight excluding hydrogens is 520 g/mol. The Morgan fingerprint density at radius 1 is 0.943 bits per heavy atom. The van der Waals surface area contributed by atoms with E-state index in [4.69, 9.17) is 11.6 Å². The number of nitriles is 1. The van der Waals surface area contributed by atoms with E-state index in [1.54, 1.807) is 20.8 Å². The molecule has 0 fully saturated rings. The molecule has 0 aliphatic heterocycles. The molecule has 0 unspecified atom stereocenters. The summed E-state index contributed by atoms with van der Waals surface area (Å²) >= 11 is 5.77. The van der Waals surface area contributed by atoms with Crippen LogP contribution in [0.25, 0.3) is 0 Å². The number of hydrogen-bond donors (Lipinski definition) is 2. The van der Waals surface area contributed by atoms with Gasteiger partial charge < -0.3 is 10.6 Å². The lowest BCUT2D eigenvalue weighted by molar-refractivity contribution is -0.143. The van der Waals surface area contributed by atoms with Crippen LogP contribution in [-0.2, 0) is 22.2 Å². The normalized spacial score (nSPS) is 13.6. The van der Waals surface area contributed by atoms with Crippen molar-refractivity contribution in [1.29, 1.82) is 5.26 Å². The van der Waals surface area contributed by atoms with E-state index in [9.17, 15) is 40.0 Å². The summed E-state index contributed by atoms with van der Waals surface area (Å²) in [7, 11) is -4.54. The first kappa shape index (κ1) is 28.3. The summed E-state index contributed by atoms with van der Waals surface area (Å²) < 4.78 is 106. The Morgan fingerprint density at radius 2 is 1.43 bits per heavy atom. The monoisotopic (exact) mass is 539 g/mol. The van der Waals surface area contributed by atoms with E-state index in [1.807, 2.05) is 0 Å². The number of nitrogens with one attached hydrogen (secondary N) is 2. The van der Waals surface area contributed by atoms with Gasteiger partial charge in [0, 0.05) is 17.3 Å². The van der Waals surface area contributed by atoms with Crippen LogP contribution in [0.3, 0.4) is 0 Å². The minimum atomic E-state index is -5.12. The van der Waals surface area contributed by atoms with Crippen LogP contribution >= 0.6 is 11.6 Å². The van der Waals surface area contributed by atoms with Gasteiger partial charge in [-0.15, -0.1) is 0 Å². The van der Waals surface area contributed by atoms with Crippen molar-refractivity contribution in [3.05, 3.63) is 69.3 Å². The van der Waals surface area contributed by atoms with Crippen molar-refractivity contribution in [1.82, 2.24) is 5.32 Å². The molecule has 0 spiro atoms. The zero-order chi connectivity index (χ0) is 26.8. The molecule has 190 valence electrons. The molecule has 0 amide bonds. The molecule has 0 saturated heterocycles. The average Bonchev–Trinajstić information content (AvgIpc) is 2.70. The molecule has 0 bridgehead atoms. The molecule has 0 aliphatic carbocycles. The Labute approximate surface area is 203 Å². The molecule has 35 heavy (non-hydrogen) atoms. The highest BCUT2D eigenvalue weighted by Gasteiger charge is 2.37. The molecule has 13 heteroatoms. The number of nitrogens with zero attached hydrogens (tertiary/aromatic N) is 1. The van der Waals surface area contributed by atoms with E-state index in [0.29, 0.717) is 12.1 Å². The molecular formula is C22H20ClF6N3O2S. The van der Waals surface area contributed by atoms with Gasteiger partial charge in [-0.05, 0) is 47.9 Å². The van der Waals surface area contributed by atoms with Gasteiger partial charge >= 0.3 is 12.4 Å². The Morgan fingerprint density at radius 3 is 1.83 bits per heavy atom. The Kier molecular flexibility index (Phi) is 8.08. The zero-order valence-corrected chi connectivity index (χ0v) is 20.1. The number of benzene rings is 2. The number of rotatable bonds is 6. The van der Waals surface area contributed by atoms with Gasteiger partial charge in [-0.25, -0.2) is 8.42 Å². The molecule has 2 aromatic rings. The van der Waals surface area contributed by atoms with Crippen LogP contribution in [0.2, 0.25) is 5.02 Å². The predicted molar refractivity (Wildman–Crippen MR) is 119 cm³/mol. The minimum Gasteiger partial charge on any atom is -0.369 e. The van der Waals surface area contributed by atoms with Crippen molar-refractivity contribution in [3.63, 3.8) is 0 Å². The summed E-state index contributed by atoms with van der Waals surface area (Å²) in [4.78, 5) is -1.29. The maximum atomic E-state index is 13.3. The van der Waals surface area contributed by atoms with Crippen molar-refractivity contribution >= 4 is 27.1 Å². The summed E-state index contributed by atoms with van der Waals surface area (Å²) in [6.45, 7) is 5.23. The second-order valence-corrected chi connectivity index (χ2v) is 10.9. The number of anilines is 1. The first-order chi connectivity index (χ1) is 15.8. The maximum absolute atomic E-state index is 13.3. The van der Waals surface area contributed by atoms with Gasteiger partial charge in [0.15, 0.2) is 4.91 Å². The standard InChI is InChI=1S/C22H20ClF6N3O2S/c1-20(2,3)12-31-19(18(11-30)35(33,34)17-6-4-15(23)5-7-17)32-16-9-13(21(24,25)26)8-14(10-16)22(27,28)29/h4-10,31-32H,12H2,1-3H3. The lowest BCUT2D eigenvalue weighted by atomic mass is 9.97. The molecule has 0 aromatic heterocycles. The van der Waals surface area contributed by atoms with Crippen LogP contribution in [0.4, 0.5) is 32.0 Å². The maximum Gasteiger partial charge on any atom is 0.416 e. The lowest BCUT2D eigenvalue weighted by Gasteiger charge is -2.23. The zero-order valence-electron chi connectivity index (χ0n) is 18.6. The van der Waals surface area contributed by atoms with Crippen molar-refractivity contribution in [3.8, 4) is 6.07 Å². The summed E-state index contributed by atoms with van der Waals surface area (Å²) in [5, 5.41) is 14.8. The van der Waals surface area contributed by atoms with Gasteiger partial charge in [0.2, 0.25) is 9.84 Å². The largest absolute Gasteiger partial charge is 0.416 e. The third kappa shape index (κ3) is 7.53.